The van der Waals surface area contributed by atoms with Crippen LogP contribution in [-0.4, -0.2) is 43.1 Å². The molecule has 1 aliphatic carbocycles. The molecule has 1 saturated carbocycles. The first-order chi connectivity index (χ1) is 11.1. The van der Waals surface area contributed by atoms with Crippen molar-refractivity contribution in [3.8, 4) is 5.75 Å². The quantitative estimate of drug-likeness (QED) is 0.783. The van der Waals surface area contributed by atoms with E-state index in [9.17, 15) is 4.79 Å². The second-order valence-electron chi connectivity index (χ2n) is 6.93. The maximum atomic E-state index is 11.9. The first-order valence-corrected chi connectivity index (χ1v) is 8.51. The number of nitrogens with two attached hydrogens (primary N) is 1. The monoisotopic (exact) mass is 389 g/mol. The van der Waals surface area contributed by atoms with Gasteiger partial charge in [0.1, 0.15) is 5.75 Å². The van der Waals surface area contributed by atoms with Gasteiger partial charge in [0, 0.05) is 13.1 Å². The fourth-order valence-electron chi connectivity index (χ4n) is 3.11. The second kappa shape index (κ2) is 9.62. The number of ether oxygens (including phenoxy) is 1. The summed E-state index contributed by atoms with van der Waals surface area (Å²) in [5, 5.41) is 3.04. The molecule has 5 nitrogen and oxygen atoms in total. The summed E-state index contributed by atoms with van der Waals surface area (Å²) in [6.45, 7) is 3.92. The summed E-state index contributed by atoms with van der Waals surface area (Å²) >= 11 is 0. The smallest absolute Gasteiger partial charge is 0.240 e. The Balaban J connectivity index is 0.00000156. The van der Waals surface area contributed by atoms with Crippen molar-refractivity contribution in [3.05, 3.63) is 29.8 Å². The number of hydrogen-bond donors (Lipinski definition) is 2. The van der Waals surface area contributed by atoms with Gasteiger partial charge in [0.2, 0.25) is 5.91 Å². The zero-order valence-corrected chi connectivity index (χ0v) is 16.3. The number of nitrogens with one attached hydrogen (secondary N) is 1. The van der Waals surface area contributed by atoms with Crippen molar-refractivity contribution in [3.63, 3.8) is 0 Å². The van der Waals surface area contributed by atoms with E-state index in [-0.39, 0.29) is 30.7 Å². The summed E-state index contributed by atoms with van der Waals surface area (Å²) in [7, 11) is 1.69. The zero-order chi connectivity index (χ0) is 16.3. The van der Waals surface area contributed by atoms with E-state index in [2.05, 4.69) is 22.3 Å². The van der Waals surface area contributed by atoms with Crippen LogP contribution >= 0.6 is 24.8 Å². The average molecular weight is 390 g/mol. The molecule has 0 radical (unpaired) electrons. The van der Waals surface area contributed by atoms with Gasteiger partial charge in [-0.25, -0.2) is 0 Å². The number of methoxy groups -OCH3 is 1. The SMILES string of the molecule is COc1ccc(CN2CCC(CNC(=O)C3(N)CC3)CC2)cc1.Cl.Cl. The molecule has 0 unspecified atom stereocenters. The number of rotatable bonds is 6. The molecule has 1 amide bonds. The van der Waals surface area contributed by atoms with E-state index in [0.717, 1.165) is 57.6 Å². The Morgan fingerprint density at radius 2 is 1.84 bits per heavy atom. The zero-order valence-electron chi connectivity index (χ0n) is 14.7. The Bertz CT molecular complexity index is 542. The van der Waals surface area contributed by atoms with Crippen molar-refractivity contribution in [2.45, 2.75) is 37.8 Å². The highest BCUT2D eigenvalue weighted by molar-refractivity contribution is 5.88. The Morgan fingerprint density at radius 1 is 1.24 bits per heavy atom. The third-order valence-electron chi connectivity index (χ3n) is 5.06. The number of halogens is 2. The first-order valence-electron chi connectivity index (χ1n) is 8.51. The fourth-order valence-corrected chi connectivity index (χ4v) is 3.11. The first kappa shape index (κ1) is 22.0. The van der Waals surface area contributed by atoms with E-state index in [4.69, 9.17) is 10.5 Å². The van der Waals surface area contributed by atoms with Crippen LogP contribution in [0.3, 0.4) is 0 Å². The molecule has 142 valence electrons. The van der Waals surface area contributed by atoms with Crippen LogP contribution in [0.5, 0.6) is 5.75 Å². The lowest BCUT2D eigenvalue weighted by molar-refractivity contribution is -0.123. The Hall–Kier alpha value is -1.01. The molecule has 0 bridgehead atoms. The summed E-state index contributed by atoms with van der Waals surface area (Å²) in [5.41, 5.74) is 6.67. The highest BCUT2D eigenvalue weighted by Gasteiger charge is 2.45. The number of nitrogens with zero attached hydrogens (tertiary/aromatic N) is 1. The molecule has 2 aliphatic rings. The Kier molecular flexibility index (Phi) is 8.48. The van der Waals surface area contributed by atoms with E-state index in [0.29, 0.717) is 5.92 Å². The van der Waals surface area contributed by atoms with Crippen LogP contribution in [0.15, 0.2) is 24.3 Å². The molecule has 0 spiro atoms. The summed E-state index contributed by atoms with van der Waals surface area (Å²) in [4.78, 5) is 14.3. The van der Waals surface area contributed by atoms with Crippen molar-refractivity contribution < 1.29 is 9.53 Å². The number of carbonyl (C=O) groups is 1. The maximum absolute atomic E-state index is 11.9. The van der Waals surface area contributed by atoms with Crippen LogP contribution in [0.1, 0.15) is 31.2 Å². The minimum atomic E-state index is -0.547. The van der Waals surface area contributed by atoms with Gasteiger partial charge < -0.3 is 15.8 Å². The molecular formula is C18H29Cl2N3O2. The van der Waals surface area contributed by atoms with Gasteiger partial charge >= 0.3 is 0 Å². The predicted molar refractivity (Wildman–Crippen MR) is 105 cm³/mol. The minimum Gasteiger partial charge on any atom is -0.497 e. The van der Waals surface area contributed by atoms with Gasteiger partial charge in [-0.05, 0) is 62.4 Å². The van der Waals surface area contributed by atoms with E-state index >= 15 is 0 Å². The highest BCUT2D eigenvalue weighted by atomic mass is 35.5. The van der Waals surface area contributed by atoms with E-state index < -0.39 is 5.54 Å². The molecule has 1 saturated heterocycles. The molecule has 1 aromatic carbocycles. The third-order valence-corrected chi connectivity index (χ3v) is 5.06. The Morgan fingerprint density at radius 3 is 2.36 bits per heavy atom. The average Bonchev–Trinajstić information content (AvgIpc) is 3.33. The van der Waals surface area contributed by atoms with Gasteiger partial charge in [-0.1, -0.05) is 12.1 Å². The number of amides is 1. The topological polar surface area (TPSA) is 67.6 Å². The van der Waals surface area contributed by atoms with Crippen LogP contribution < -0.4 is 15.8 Å². The van der Waals surface area contributed by atoms with Crippen LogP contribution in [-0.2, 0) is 11.3 Å². The molecule has 7 heteroatoms. The number of piperidine rings is 1. The second-order valence-corrected chi connectivity index (χ2v) is 6.93. The Labute approximate surface area is 162 Å². The van der Waals surface area contributed by atoms with E-state index in [1.807, 2.05) is 12.1 Å². The lowest BCUT2D eigenvalue weighted by Gasteiger charge is -2.32. The lowest BCUT2D eigenvalue weighted by Crippen LogP contribution is -2.45. The molecular weight excluding hydrogens is 361 g/mol. The molecule has 3 N–H and O–H groups in total. The highest BCUT2D eigenvalue weighted by Crippen LogP contribution is 2.32. The van der Waals surface area contributed by atoms with Gasteiger partial charge in [-0.15, -0.1) is 24.8 Å². The predicted octanol–water partition coefficient (Wildman–Crippen LogP) is 2.36. The van der Waals surface area contributed by atoms with Gasteiger partial charge in [0.15, 0.2) is 0 Å². The van der Waals surface area contributed by atoms with Gasteiger partial charge in [0.25, 0.3) is 0 Å². The number of likely N-dealkylation sites (tertiary alicyclic amines) is 1. The summed E-state index contributed by atoms with van der Waals surface area (Å²) < 4.78 is 5.19. The molecule has 1 aromatic rings. The van der Waals surface area contributed by atoms with Crippen LogP contribution in [0.25, 0.3) is 0 Å². The molecule has 2 fully saturated rings. The molecule has 3 rings (SSSR count). The number of benzene rings is 1. The molecule has 0 atom stereocenters. The van der Waals surface area contributed by atoms with Crippen LogP contribution in [0.2, 0.25) is 0 Å². The van der Waals surface area contributed by atoms with Crippen molar-refractivity contribution >= 4 is 30.7 Å². The van der Waals surface area contributed by atoms with Gasteiger partial charge in [-0.3, -0.25) is 9.69 Å². The molecule has 0 aromatic heterocycles. The summed E-state index contributed by atoms with van der Waals surface area (Å²) in [6, 6.07) is 8.28. The van der Waals surface area contributed by atoms with E-state index in [1.54, 1.807) is 7.11 Å². The van der Waals surface area contributed by atoms with Gasteiger partial charge in [-0.2, -0.15) is 0 Å². The lowest BCUT2D eigenvalue weighted by atomic mass is 9.96. The minimum absolute atomic E-state index is 0. The number of carbonyl (C=O) groups excluding carboxylic acids is 1. The summed E-state index contributed by atoms with van der Waals surface area (Å²) in [6.07, 6.45) is 3.93. The standard InChI is InChI=1S/C18H27N3O2.2ClH/c1-23-16-4-2-15(3-5-16)13-21-10-6-14(7-11-21)12-20-17(22)18(19)8-9-18;;/h2-5,14H,6-13,19H2,1H3,(H,20,22);2*1H. The van der Waals surface area contributed by atoms with Crippen LogP contribution in [0.4, 0.5) is 0 Å². The molecule has 25 heavy (non-hydrogen) atoms. The van der Waals surface area contributed by atoms with Crippen molar-refractivity contribution in [2.24, 2.45) is 11.7 Å². The van der Waals surface area contributed by atoms with Crippen molar-refractivity contribution in [2.75, 3.05) is 26.7 Å². The summed E-state index contributed by atoms with van der Waals surface area (Å²) in [5.74, 6) is 1.52. The fraction of sp³-hybridized carbons (Fsp3) is 0.611. The third kappa shape index (κ3) is 6.03. The molecule has 1 aliphatic heterocycles. The maximum Gasteiger partial charge on any atom is 0.240 e. The van der Waals surface area contributed by atoms with Crippen molar-refractivity contribution in [1.29, 1.82) is 0 Å². The largest absolute Gasteiger partial charge is 0.497 e. The number of hydrogen-bond acceptors (Lipinski definition) is 4. The normalized spacial score (nSPS) is 19.3. The molecule has 1 heterocycles. The van der Waals surface area contributed by atoms with Gasteiger partial charge in [0.05, 0.1) is 12.6 Å². The van der Waals surface area contributed by atoms with E-state index in [1.165, 1.54) is 5.56 Å². The van der Waals surface area contributed by atoms with Crippen LogP contribution in [0, 0.1) is 5.92 Å². The van der Waals surface area contributed by atoms with Crippen molar-refractivity contribution in [1.82, 2.24) is 10.2 Å².